The van der Waals surface area contributed by atoms with Crippen molar-refractivity contribution in [3.63, 3.8) is 0 Å². The minimum absolute atomic E-state index is 0. The average Bonchev–Trinajstić information content (AvgIpc) is 3.41. The second kappa shape index (κ2) is 11.1. The number of hydrogen-bond acceptors (Lipinski definition) is 4. The average molecular weight is 529 g/mol. The third-order valence-corrected chi connectivity index (χ3v) is 6.61. The van der Waals surface area contributed by atoms with Crippen LogP contribution in [0.4, 0.5) is 5.69 Å². The molecule has 1 atom stereocenters. The van der Waals surface area contributed by atoms with Crippen molar-refractivity contribution in [2.75, 3.05) is 45.2 Å². The molecule has 1 aliphatic heterocycles. The molecule has 29 heavy (non-hydrogen) atoms. The lowest BCUT2D eigenvalue weighted by Gasteiger charge is -2.25. The molecule has 1 aliphatic rings. The lowest BCUT2D eigenvalue weighted by molar-refractivity contribution is 0.415. The van der Waals surface area contributed by atoms with Crippen molar-refractivity contribution in [2.24, 2.45) is 10.9 Å². The van der Waals surface area contributed by atoms with Crippen LogP contribution in [0.5, 0.6) is 5.75 Å². The Morgan fingerprint density at radius 1 is 1.28 bits per heavy atom. The predicted molar refractivity (Wildman–Crippen MR) is 135 cm³/mol. The molecule has 0 radical (unpaired) electrons. The number of aliphatic imine (C=N–C) groups is 1. The Labute approximate surface area is 196 Å². The Morgan fingerprint density at radius 3 is 2.79 bits per heavy atom. The lowest BCUT2D eigenvalue weighted by Crippen LogP contribution is -2.44. The Balaban J connectivity index is 0.00000300. The van der Waals surface area contributed by atoms with Crippen LogP contribution in [0, 0.1) is 5.92 Å². The van der Waals surface area contributed by atoms with Gasteiger partial charge in [0.1, 0.15) is 5.75 Å². The van der Waals surface area contributed by atoms with Gasteiger partial charge in [-0.3, -0.25) is 4.99 Å². The minimum Gasteiger partial charge on any atom is -0.497 e. The zero-order valence-electron chi connectivity index (χ0n) is 17.8. The number of methoxy groups -OCH3 is 1. The predicted octanol–water partition coefficient (Wildman–Crippen LogP) is 4.34. The Morgan fingerprint density at radius 2 is 2.10 bits per heavy atom. The molecule has 1 aromatic carbocycles. The zero-order chi connectivity index (χ0) is 20.0. The second-order valence-electron chi connectivity index (χ2n) is 7.97. The highest BCUT2D eigenvalue weighted by Crippen LogP contribution is 2.27. The molecule has 0 amide bonds. The van der Waals surface area contributed by atoms with Gasteiger partial charge in [-0.15, -0.1) is 35.3 Å². The van der Waals surface area contributed by atoms with Crippen LogP contribution in [0.2, 0.25) is 0 Å². The lowest BCUT2D eigenvalue weighted by atomic mass is 9.91. The summed E-state index contributed by atoms with van der Waals surface area (Å²) < 4.78 is 5.35. The van der Waals surface area contributed by atoms with Crippen LogP contribution in [0.3, 0.4) is 0 Å². The molecular formula is C22H33IN4OS. The highest BCUT2D eigenvalue weighted by Gasteiger charge is 2.24. The molecule has 2 aromatic rings. The molecule has 1 fully saturated rings. The largest absolute Gasteiger partial charge is 0.497 e. The maximum absolute atomic E-state index is 5.35. The van der Waals surface area contributed by atoms with E-state index < -0.39 is 0 Å². The van der Waals surface area contributed by atoms with Gasteiger partial charge in [0.2, 0.25) is 0 Å². The Kier molecular flexibility index (Phi) is 9.07. The highest BCUT2D eigenvalue weighted by molar-refractivity contribution is 14.0. The molecule has 2 heterocycles. The molecule has 0 spiro atoms. The van der Waals surface area contributed by atoms with E-state index in [1.165, 1.54) is 17.0 Å². The van der Waals surface area contributed by atoms with Crippen molar-refractivity contribution in [3.8, 4) is 5.75 Å². The number of guanidine groups is 1. The zero-order valence-corrected chi connectivity index (χ0v) is 20.9. The SMILES string of the molecule is CN=C(NCC1CCN(c2cccc(OC)c2)C1)NCC(C)(C)c1cccs1.I. The second-order valence-corrected chi connectivity index (χ2v) is 8.92. The van der Waals surface area contributed by atoms with E-state index in [-0.39, 0.29) is 29.4 Å². The van der Waals surface area contributed by atoms with Crippen LogP contribution in [0.1, 0.15) is 25.1 Å². The van der Waals surface area contributed by atoms with Crippen molar-refractivity contribution in [2.45, 2.75) is 25.7 Å². The normalized spacial score (nSPS) is 17.0. The van der Waals surface area contributed by atoms with Gasteiger partial charge in [0.25, 0.3) is 0 Å². The molecule has 1 aromatic heterocycles. The standard InChI is InChI=1S/C22H32N4OS.HI/c1-22(2,20-9-6-12-28-20)16-25-21(23-3)24-14-17-10-11-26(15-17)18-7-5-8-19(13-18)27-4;/h5-9,12-13,17H,10-11,14-16H2,1-4H3,(H2,23,24,25);1H. The number of nitrogens with one attached hydrogen (secondary N) is 2. The third kappa shape index (κ3) is 6.50. The summed E-state index contributed by atoms with van der Waals surface area (Å²) in [6, 6.07) is 12.6. The van der Waals surface area contributed by atoms with Gasteiger partial charge in [0.15, 0.2) is 5.96 Å². The summed E-state index contributed by atoms with van der Waals surface area (Å²) in [6.45, 7) is 8.45. The fraction of sp³-hybridized carbons (Fsp3) is 0.500. The number of hydrogen-bond donors (Lipinski definition) is 2. The number of rotatable bonds is 7. The van der Waals surface area contributed by atoms with E-state index in [4.69, 9.17) is 4.74 Å². The molecule has 0 saturated carbocycles. The van der Waals surface area contributed by atoms with Gasteiger partial charge in [0.05, 0.1) is 7.11 Å². The maximum Gasteiger partial charge on any atom is 0.191 e. The molecular weight excluding hydrogens is 495 g/mol. The van der Waals surface area contributed by atoms with E-state index in [0.717, 1.165) is 37.9 Å². The molecule has 2 N–H and O–H groups in total. The molecule has 3 rings (SSSR count). The molecule has 1 unspecified atom stereocenters. The number of ether oxygens (including phenoxy) is 1. The topological polar surface area (TPSA) is 48.9 Å². The van der Waals surface area contributed by atoms with Gasteiger partial charge in [-0.05, 0) is 35.9 Å². The Hall–Kier alpha value is -1.48. The van der Waals surface area contributed by atoms with Crippen molar-refractivity contribution < 1.29 is 4.74 Å². The fourth-order valence-electron chi connectivity index (χ4n) is 3.56. The monoisotopic (exact) mass is 528 g/mol. The van der Waals surface area contributed by atoms with Crippen molar-refractivity contribution in [3.05, 3.63) is 46.7 Å². The Bertz CT molecular complexity index is 779. The number of anilines is 1. The van der Waals surface area contributed by atoms with E-state index in [1.54, 1.807) is 7.11 Å². The molecule has 160 valence electrons. The first-order valence-corrected chi connectivity index (χ1v) is 10.8. The van der Waals surface area contributed by atoms with Crippen LogP contribution in [-0.4, -0.2) is 46.3 Å². The maximum atomic E-state index is 5.35. The van der Waals surface area contributed by atoms with E-state index in [9.17, 15) is 0 Å². The van der Waals surface area contributed by atoms with Crippen LogP contribution in [0.25, 0.3) is 0 Å². The van der Waals surface area contributed by atoms with Crippen molar-refractivity contribution in [1.29, 1.82) is 0 Å². The van der Waals surface area contributed by atoms with Crippen LogP contribution >= 0.6 is 35.3 Å². The number of halogens is 1. The van der Waals surface area contributed by atoms with Crippen LogP contribution < -0.4 is 20.3 Å². The van der Waals surface area contributed by atoms with Gasteiger partial charge in [0, 0.05) is 55.3 Å². The number of benzene rings is 1. The molecule has 0 aliphatic carbocycles. The highest BCUT2D eigenvalue weighted by atomic mass is 127. The van der Waals surface area contributed by atoms with Gasteiger partial charge < -0.3 is 20.3 Å². The van der Waals surface area contributed by atoms with E-state index in [1.807, 2.05) is 24.5 Å². The summed E-state index contributed by atoms with van der Waals surface area (Å²) in [5.74, 6) is 2.40. The van der Waals surface area contributed by atoms with E-state index in [2.05, 4.69) is 70.1 Å². The number of nitrogens with zero attached hydrogens (tertiary/aromatic N) is 2. The summed E-state index contributed by atoms with van der Waals surface area (Å²) >= 11 is 1.81. The molecule has 0 bridgehead atoms. The first kappa shape index (κ1) is 23.8. The van der Waals surface area contributed by atoms with Gasteiger partial charge in [-0.25, -0.2) is 0 Å². The summed E-state index contributed by atoms with van der Waals surface area (Å²) in [6.07, 6.45) is 1.18. The summed E-state index contributed by atoms with van der Waals surface area (Å²) in [7, 11) is 3.55. The summed E-state index contributed by atoms with van der Waals surface area (Å²) in [5, 5.41) is 9.15. The van der Waals surface area contributed by atoms with Crippen LogP contribution in [0.15, 0.2) is 46.8 Å². The first-order valence-electron chi connectivity index (χ1n) is 9.89. The first-order chi connectivity index (χ1) is 13.5. The minimum atomic E-state index is 0. The smallest absolute Gasteiger partial charge is 0.191 e. The van der Waals surface area contributed by atoms with E-state index in [0.29, 0.717) is 5.92 Å². The van der Waals surface area contributed by atoms with Gasteiger partial charge in [-0.1, -0.05) is 26.0 Å². The quantitative estimate of drug-likeness (QED) is 0.319. The fourth-order valence-corrected chi connectivity index (χ4v) is 4.41. The van der Waals surface area contributed by atoms with Crippen molar-refractivity contribution >= 4 is 47.0 Å². The van der Waals surface area contributed by atoms with Gasteiger partial charge in [-0.2, -0.15) is 0 Å². The molecule has 7 heteroatoms. The van der Waals surface area contributed by atoms with Gasteiger partial charge >= 0.3 is 0 Å². The third-order valence-electron chi connectivity index (χ3n) is 5.37. The van der Waals surface area contributed by atoms with Crippen molar-refractivity contribution in [1.82, 2.24) is 10.6 Å². The molecule has 5 nitrogen and oxygen atoms in total. The summed E-state index contributed by atoms with van der Waals surface area (Å²) in [5.41, 5.74) is 1.32. The summed E-state index contributed by atoms with van der Waals surface area (Å²) in [4.78, 5) is 8.23. The number of thiophene rings is 1. The van der Waals surface area contributed by atoms with E-state index >= 15 is 0 Å². The molecule has 1 saturated heterocycles. The van der Waals surface area contributed by atoms with Crippen LogP contribution in [-0.2, 0) is 5.41 Å².